The normalized spacial score (nSPS) is 21.2. The number of carbonyl (C=O) groups is 1. The van der Waals surface area contributed by atoms with Gasteiger partial charge >= 0.3 is 6.09 Å². The van der Waals surface area contributed by atoms with Gasteiger partial charge in [-0.2, -0.15) is 11.8 Å². The Balaban J connectivity index is 2.47. The van der Waals surface area contributed by atoms with Crippen LogP contribution < -0.4 is 5.32 Å². The zero-order valence-corrected chi connectivity index (χ0v) is 15.1. The average Bonchev–Trinajstić information content (AvgIpc) is 2.41. The molecule has 1 rings (SSSR count). The lowest BCUT2D eigenvalue weighted by Crippen LogP contribution is -2.51. The van der Waals surface area contributed by atoms with Crippen molar-refractivity contribution in [3.8, 4) is 0 Å². The van der Waals surface area contributed by atoms with Crippen LogP contribution in [0.4, 0.5) is 4.79 Å². The number of piperidine rings is 1. The van der Waals surface area contributed by atoms with Crippen molar-refractivity contribution >= 4 is 17.9 Å². The molecule has 1 aliphatic rings. The first-order valence-electron chi connectivity index (χ1n) is 8.14. The number of carbonyl (C=O) groups excluding carboxylic acids is 1. The Labute approximate surface area is 134 Å². The molecule has 1 N–H and O–H groups in total. The minimum atomic E-state index is -0.419. The number of nitrogens with one attached hydrogen (secondary N) is 1. The van der Waals surface area contributed by atoms with Crippen LogP contribution in [-0.2, 0) is 4.74 Å². The van der Waals surface area contributed by atoms with Crippen molar-refractivity contribution in [3.05, 3.63) is 0 Å². The topological polar surface area (TPSA) is 41.6 Å². The van der Waals surface area contributed by atoms with E-state index < -0.39 is 5.60 Å². The zero-order valence-electron chi connectivity index (χ0n) is 14.3. The fourth-order valence-electron chi connectivity index (χ4n) is 2.46. The molecular formula is C16H32N2O2S. The van der Waals surface area contributed by atoms with Crippen LogP contribution in [0.2, 0.25) is 0 Å². The van der Waals surface area contributed by atoms with Gasteiger partial charge in [0.25, 0.3) is 0 Å². The molecule has 0 saturated carbocycles. The van der Waals surface area contributed by atoms with Crippen LogP contribution in [0.25, 0.3) is 0 Å². The largest absolute Gasteiger partial charge is 0.444 e. The molecule has 1 amide bonds. The molecule has 21 heavy (non-hydrogen) atoms. The van der Waals surface area contributed by atoms with Gasteiger partial charge in [-0.3, -0.25) is 0 Å². The van der Waals surface area contributed by atoms with Crippen molar-refractivity contribution in [3.63, 3.8) is 0 Å². The van der Waals surface area contributed by atoms with Gasteiger partial charge in [0, 0.05) is 30.9 Å². The van der Waals surface area contributed by atoms with Crippen molar-refractivity contribution in [2.24, 2.45) is 0 Å². The summed E-state index contributed by atoms with van der Waals surface area (Å²) in [7, 11) is 0. The summed E-state index contributed by atoms with van der Waals surface area (Å²) in [6.45, 7) is 11.8. The molecule has 2 unspecified atom stereocenters. The molecular weight excluding hydrogens is 284 g/mol. The van der Waals surface area contributed by atoms with Gasteiger partial charge in [-0.1, -0.05) is 6.92 Å². The van der Waals surface area contributed by atoms with Crippen LogP contribution in [-0.4, -0.2) is 53.3 Å². The number of rotatable bonds is 6. The second kappa shape index (κ2) is 8.89. The van der Waals surface area contributed by atoms with Crippen LogP contribution in [0.15, 0.2) is 0 Å². The molecule has 2 atom stereocenters. The van der Waals surface area contributed by atoms with Gasteiger partial charge in [0.05, 0.1) is 0 Å². The van der Waals surface area contributed by atoms with Crippen LogP contribution >= 0.6 is 11.8 Å². The number of hydrogen-bond donors (Lipinski definition) is 1. The van der Waals surface area contributed by atoms with E-state index in [1.165, 1.54) is 6.42 Å². The number of thioether (sulfide) groups is 1. The number of nitrogens with zero attached hydrogens (tertiary/aromatic N) is 1. The highest BCUT2D eigenvalue weighted by atomic mass is 32.2. The number of hydrogen-bond acceptors (Lipinski definition) is 4. The van der Waals surface area contributed by atoms with Crippen LogP contribution in [0.3, 0.4) is 0 Å². The number of amides is 1. The Morgan fingerprint density at radius 2 is 2.14 bits per heavy atom. The molecule has 5 heteroatoms. The predicted octanol–water partition coefficient (Wildman–Crippen LogP) is 3.51. The van der Waals surface area contributed by atoms with E-state index in [4.69, 9.17) is 4.74 Å². The van der Waals surface area contributed by atoms with Crippen LogP contribution in [0, 0.1) is 0 Å². The first-order valence-corrected chi connectivity index (χ1v) is 9.29. The summed E-state index contributed by atoms with van der Waals surface area (Å²) in [6, 6.07) is 0.750. The van der Waals surface area contributed by atoms with E-state index in [-0.39, 0.29) is 12.1 Å². The highest BCUT2D eigenvalue weighted by molar-refractivity contribution is 7.99. The van der Waals surface area contributed by atoms with Crippen molar-refractivity contribution in [2.45, 2.75) is 71.6 Å². The van der Waals surface area contributed by atoms with Gasteiger partial charge in [-0.05, 0) is 52.7 Å². The third kappa shape index (κ3) is 7.41. The minimum absolute atomic E-state index is 0.162. The maximum Gasteiger partial charge on any atom is 0.410 e. The molecule has 1 aliphatic heterocycles. The second-order valence-corrected chi connectivity index (χ2v) is 8.11. The summed E-state index contributed by atoms with van der Waals surface area (Å²) >= 11 is 1.95. The smallest absolute Gasteiger partial charge is 0.410 e. The molecule has 1 fully saturated rings. The summed E-state index contributed by atoms with van der Waals surface area (Å²) in [5.74, 6) is 2.27. The number of ether oxygens (including phenoxy) is 1. The first-order chi connectivity index (χ1) is 9.83. The maximum absolute atomic E-state index is 12.3. The molecule has 0 aromatic rings. The summed E-state index contributed by atoms with van der Waals surface area (Å²) in [6.07, 6.45) is 3.19. The van der Waals surface area contributed by atoms with E-state index >= 15 is 0 Å². The molecule has 0 aromatic heterocycles. The SMILES string of the molecule is CCSCC(C)NCC1CCCCN1C(=O)OC(C)(C)C. The van der Waals surface area contributed by atoms with Crippen molar-refractivity contribution in [1.82, 2.24) is 10.2 Å². The molecule has 0 radical (unpaired) electrons. The molecule has 4 nitrogen and oxygen atoms in total. The Bertz CT molecular complexity index is 318. The molecule has 124 valence electrons. The van der Waals surface area contributed by atoms with Gasteiger partial charge < -0.3 is 15.0 Å². The van der Waals surface area contributed by atoms with Gasteiger partial charge in [0.2, 0.25) is 0 Å². The van der Waals surface area contributed by atoms with E-state index in [9.17, 15) is 4.79 Å². The Morgan fingerprint density at radius 1 is 1.43 bits per heavy atom. The minimum Gasteiger partial charge on any atom is -0.444 e. The lowest BCUT2D eigenvalue weighted by molar-refractivity contribution is 0.00977. The molecule has 0 bridgehead atoms. The molecule has 0 spiro atoms. The van der Waals surface area contributed by atoms with Gasteiger partial charge in [0.1, 0.15) is 5.60 Å². The third-order valence-electron chi connectivity index (χ3n) is 3.53. The maximum atomic E-state index is 12.3. The lowest BCUT2D eigenvalue weighted by atomic mass is 10.0. The summed E-state index contributed by atoms with van der Waals surface area (Å²) in [5.41, 5.74) is -0.419. The summed E-state index contributed by atoms with van der Waals surface area (Å²) in [5, 5.41) is 3.56. The van der Waals surface area contributed by atoms with Gasteiger partial charge in [-0.25, -0.2) is 4.79 Å². The van der Waals surface area contributed by atoms with Crippen LogP contribution in [0.5, 0.6) is 0 Å². The monoisotopic (exact) mass is 316 g/mol. The lowest BCUT2D eigenvalue weighted by Gasteiger charge is -2.37. The van der Waals surface area contributed by atoms with E-state index in [0.29, 0.717) is 6.04 Å². The fraction of sp³-hybridized carbons (Fsp3) is 0.938. The van der Waals surface area contributed by atoms with Gasteiger partial charge in [0.15, 0.2) is 0 Å². The molecule has 0 aliphatic carbocycles. The van der Waals surface area contributed by atoms with Crippen molar-refractivity contribution in [1.29, 1.82) is 0 Å². The second-order valence-electron chi connectivity index (χ2n) is 6.79. The Kier molecular flexibility index (Phi) is 7.88. The van der Waals surface area contributed by atoms with E-state index in [1.54, 1.807) is 0 Å². The predicted molar refractivity (Wildman–Crippen MR) is 91.0 cm³/mol. The van der Waals surface area contributed by atoms with Crippen LogP contribution in [0.1, 0.15) is 53.9 Å². The molecule has 1 heterocycles. The zero-order chi connectivity index (χ0) is 15.9. The average molecular weight is 317 g/mol. The standard InChI is InChI=1S/C16H32N2O2S/c1-6-21-12-13(2)17-11-14-9-7-8-10-18(14)15(19)20-16(3,4)5/h13-14,17H,6-12H2,1-5H3. The highest BCUT2D eigenvalue weighted by Crippen LogP contribution is 2.20. The van der Waals surface area contributed by atoms with E-state index in [0.717, 1.165) is 37.4 Å². The van der Waals surface area contributed by atoms with E-state index in [2.05, 4.69) is 19.2 Å². The highest BCUT2D eigenvalue weighted by Gasteiger charge is 2.30. The first kappa shape index (κ1) is 18.6. The van der Waals surface area contributed by atoms with Crippen molar-refractivity contribution < 1.29 is 9.53 Å². The summed E-state index contributed by atoms with van der Waals surface area (Å²) < 4.78 is 5.53. The fourth-order valence-corrected chi connectivity index (χ4v) is 3.17. The molecule has 0 aromatic carbocycles. The van der Waals surface area contributed by atoms with E-state index in [1.807, 2.05) is 37.4 Å². The van der Waals surface area contributed by atoms with Gasteiger partial charge in [-0.15, -0.1) is 0 Å². The Morgan fingerprint density at radius 3 is 2.76 bits per heavy atom. The number of likely N-dealkylation sites (tertiary alicyclic amines) is 1. The summed E-state index contributed by atoms with van der Waals surface area (Å²) in [4.78, 5) is 14.2. The Hall–Kier alpha value is -0.420. The third-order valence-corrected chi connectivity index (χ3v) is 4.67. The quantitative estimate of drug-likeness (QED) is 0.814. The molecule has 1 saturated heterocycles. The van der Waals surface area contributed by atoms with Crippen molar-refractivity contribution in [2.75, 3.05) is 24.6 Å².